The Hall–Kier alpha value is -2.93. The summed E-state index contributed by atoms with van der Waals surface area (Å²) < 4.78 is 18.9. The topological polar surface area (TPSA) is 71.8 Å². The summed E-state index contributed by atoms with van der Waals surface area (Å²) in [4.78, 5) is 21.0. The van der Waals surface area contributed by atoms with Gasteiger partial charge in [0.05, 0.1) is 17.2 Å². The summed E-state index contributed by atoms with van der Waals surface area (Å²) in [7, 11) is 0. The minimum Gasteiger partial charge on any atom is -0.506 e. The summed E-state index contributed by atoms with van der Waals surface area (Å²) >= 11 is 1.06. The van der Waals surface area contributed by atoms with Crippen LogP contribution in [0.2, 0.25) is 0 Å². The first-order valence-electron chi connectivity index (χ1n) is 7.85. The second kappa shape index (κ2) is 7.97. The average molecular weight is 370 g/mol. The number of esters is 1. The minimum absolute atomic E-state index is 0.0729. The van der Waals surface area contributed by atoms with Crippen LogP contribution < -0.4 is 0 Å². The molecule has 0 atom stereocenters. The van der Waals surface area contributed by atoms with E-state index in [0.717, 1.165) is 11.8 Å². The van der Waals surface area contributed by atoms with Gasteiger partial charge in [0.2, 0.25) is 0 Å². The first-order valence-corrected chi connectivity index (χ1v) is 8.66. The molecule has 1 aliphatic rings. The number of halogens is 1. The van der Waals surface area contributed by atoms with E-state index in [1.165, 1.54) is 12.1 Å². The van der Waals surface area contributed by atoms with Gasteiger partial charge in [0.1, 0.15) is 27.9 Å². The van der Waals surface area contributed by atoms with Gasteiger partial charge < -0.3 is 9.84 Å². The van der Waals surface area contributed by atoms with Crippen molar-refractivity contribution in [2.45, 2.75) is 6.92 Å². The van der Waals surface area contributed by atoms with Gasteiger partial charge in [-0.25, -0.2) is 14.2 Å². The molecule has 3 rings (SSSR count). The Labute approximate surface area is 153 Å². The molecule has 1 aromatic carbocycles. The van der Waals surface area contributed by atoms with Gasteiger partial charge in [0.25, 0.3) is 0 Å². The predicted octanol–water partition coefficient (Wildman–Crippen LogP) is 4.41. The fourth-order valence-corrected chi connectivity index (χ4v) is 3.25. The van der Waals surface area contributed by atoms with Crippen molar-refractivity contribution in [1.29, 1.82) is 0 Å². The molecule has 1 aliphatic heterocycles. The molecular formula is C19H15FN2O3S. The second-order valence-corrected chi connectivity index (χ2v) is 6.21. The van der Waals surface area contributed by atoms with Gasteiger partial charge in [-0.05, 0) is 37.3 Å². The fourth-order valence-electron chi connectivity index (χ4n) is 2.24. The highest BCUT2D eigenvalue weighted by atomic mass is 32.2. The first-order chi connectivity index (χ1) is 12.6. The molecule has 0 fully saturated rings. The van der Waals surface area contributed by atoms with Crippen LogP contribution in [0, 0.1) is 5.82 Å². The number of thioether (sulfide) groups is 1. The molecule has 0 aliphatic carbocycles. The van der Waals surface area contributed by atoms with Crippen molar-refractivity contribution in [1.82, 2.24) is 4.98 Å². The molecule has 0 unspecified atom stereocenters. The van der Waals surface area contributed by atoms with Gasteiger partial charge in [-0.15, -0.1) is 0 Å². The van der Waals surface area contributed by atoms with Gasteiger partial charge in [-0.3, -0.25) is 4.98 Å². The van der Waals surface area contributed by atoms with Crippen LogP contribution in [-0.2, 0) is 9.53 Å². The van der Waals surface area contributed by atoms with E-state index in [-0.39, 0.29) is 28.7 Å². The molecule has 0 saturated carbocycles. The summed E-state index contributed by atoms with van der Waals surface area (Å²) in [5, 5.41) is 10.7. The van der Waals surface area contributed by atoms with E-state index in [1.807, 2.05) is 0 Å². The van der Waals surface area contributed by atoms with Gasteiger partial charge in [0.15, 0.2) is 0 Å². The highest BCUT2D eigenvalue weighted by Crippen LogP contribution is 2.40. The van der Waals surface area contributed by atoms with E-state index in [1.54, 1.807) is 49.5 Å². The van der Waals surface area contributed by atoms with Crippen LogP contribution in [0.4, 0.5) is 10.1 Å². The molecule has 0 bridgehead atoms. The Bertz CT molecular complexity index is 923. The number of nitrogens with zero attached hydrogens (tertiary/aromatic N) is 2. The number of aliphatic imine (C=N–C) groups is 1. The monoisotopic (exact) mass is 370 g/mol. The Balaban J connectivity index is 2.06. The highest BCUT2D eigenvalue weighted by molar-refractivity contribution is 8.18. The number of benzene rings is 1. The van der Waals surface area contributed by atoms with Crippen LogP contribution in [0.15, 0.2) is 69.9 Å². The SMILES string of the molecule is CCOC(=O)C1=C(O)/C(=C\c2ccccn2)SC1=Nc1ccccc1F. The molecular weight excluding hydrogens is 355 g/mol. The van der Waals surface area contributed by atoms with Crippen LogP contribution in [0.25, 0.3) is 6.08 Å². The van der Waals surface area contributed by atoms with E-state index >= 15 is 0 Å². The third-order valence-corrected chi connectivity index (χ3v) is 4.43. The quantitative estimate of drug-likeness (QED) is 0.807. The Kier molecular flexibility index (Phi) is 5.48. The van der Waals surface area contributed by atoms with Crippen molar-refractivity contribution in [2.24, 2.45) is 4.99 Å². The number of aliphatic hydroxyl groups excluding tert-OH is 1. The molecule has 0 amide bonds. The zero-order valence-electron chi connectivity index (χ0n) is 13.8. The molecule has 0 saturated heterocycles. The number of carbonyl (C=O) groups is 1. The normalized spacial score (nSPS) is 17.2. The summed E-state index contributed by atoms with van der Waals surface area (Å²) in [6, 6.07) is 11.3. The summed E-state index contributed by atoms with van der Waals surface area (Å²) in [6.45, 7) is 1.81. The van der Waals surface area contributed by atoms with Gasteiger partial charge in [-0.2, -0.15) is 0 Å². The van der Waals surface area contributed by atoms with E-state index in [9.17, 15) is 14.3 Å². The Morgan fingerprint density at radius 1 is 1.31 bits per heavy atom. The number of para-hydroxylation sites is 1. The van der Waals surface area contributed by atoms with Crippen LogP contribution in [-0.4, -0.2) is 27.7 Å². The van der Waals surface area contributed by atoms with Crippen molar-refractivity contribution in [3.8, 4) is 0 Å². The standard InChI is InChI=1S/C19H15FN2O3S/c1-2-25-19(24)16-17(23)15(11-12-7-5-6-10-21-12)26-18(16)22-14-9-4-3-8-13(14)20/h3-11,23H,2H2,1H3/b15-11+,22-18?. The van der Waals surface area contributed by atoms with Crippen molar-refractivity contribution in [2.75, 3.05) is 6.61 Å². The molecule has 7 heteroatoms. The van der Waals surface area contributed by atoms with Crippen LogP contribution >= 0.6 is 11.8 Å². The molecule has 5 nitrogen and oxygen atoms in total. The molecule has 26 heavy (non-hydrogen) atoms. The van der Waals surface area contributed by atoms with Crippen LogP contribution in [0.1, 0.15) is 12.6 Å². The van der Waals surface area contributed by atoms with Crippen molar-refractivity contribution in [3.05, 3.63) is 76.4 Å². The van der Waals surface area contributed by atoms with Gasteiger partial charge in [-0.1, -0.05) is 30.0 Å². The molecule has 0 radical (unpaired) electrons. The van der Waals surface area contributed by atoms with Gasteiger partial charge in [0, 0.05) is 6.20 Å². The second-order valence-electron chi connectivity index (χ2n) is 5.18. The van der Waals surface area contributed by atoms with Crippen LogP contribution in [0.5, 0.6) is 0 Å². The van der Waals surface area contributed by atoms with E-state index in [0.29, 0.717) is 10.6 Å². The maximum absolute atomic E-state index is 13.9. The third-order valence-electron chi connectivity index (χ3n) is 3.41. The number of hydrogen-bond donors (Lipinski definition) is 1. The number of carbonyl (C=O) groups excluding carboxylic acids is 1. The molecule has 2 aromatic rings. The minimum atomic E-state index is -0.711. The first kappa shape index (κ1) is 17.9. The summed E-state index contributed by atoms with van der Waals surface area (Å²) in [6.07, 6.45) is 3.25. The summed E-state index contributed by atoms with van der Waals surface area (Å²) in [5.41, 5.74) is 0.600. The largest absolute Gasteiger partial charge is 0.506 e. The molecule has 132 valence electrons. The smallest absolute Gasteiger partial charge is 0.344 e. The van der Waals surface area contributed by atoms with Crippen molar-refractivity contribution in [3.63, 3.8) is 0 Å². The number of hydrogen-bond acceptors (Lipinski definition) is 6. The molecule has 2 heterocycles. The Morgan fingerprint density at radius 3 is 2.77 bits per heavy atom. The predicted molar refractivity (Wildman–Crippen MR) is 99.6 cm³/mol. The number of rotatable bonds is 4. The average Bonchev–Trinajstić information content (AvgIpc) is 2.93. The molecule has 0 spiro atoms. The lowest BCUT2D eigenvalue weighted by molar-refractivity contribution is -0.138. The van der Waals surface area contributed by atoms with Crippen molar-refractivity contribution >= 4 is 34.5 Å². The summed E-state index contributed by atoms with van der Waals surface area (Å²) in [5.74, 6) is -1.49. The molecule has 1 N–H and O–H groups in total. The maximum Gasteiger partial charge on any atom is 0.344 e. The maximum atomic E-state index is 13.9. The zero-order valence-corrected chi connectivity index (χ0v) is 14.7. The highest BCUT2D eigenvalue weighted by Gasteiger charge is 2.33. The fraction of sp³-hybridized carbons (Fsp3) is 0.105. The van der Waals surface area contributed by atoms with E-state index < -0.39 is 11.8 Å². The van der Waals surface area contributed by atoms with Gasteiger partial charge >= 0.3 is 5.97 Å². The number of aromatic nitrogens is 1. The van der Waals surface area contributed by atoms with E-state index in [2.05, 4.69) is 9.98 Å². The lowest BCUT2D eigenvalue weighted by Crippen LogP contribution is -2.12. The lowest BCUT2D eigenvalue weighted by atomic mass is 10.2. The van der Waals surface area contributed by atoms with Crippen LogP contribution in [0.3, 0.4) is 0 Å². The van der Waals surface area contributed by atoms with Crippen molar-refractivity contribution < 1.29 is 19.0 Å². The Morgan fingerprint density at radius 2 is 2.08 bits per heavy atom. The molecule has 1 aromatic heterocycles. The van der Waals surface area contributed by atoms with E-state index in [4.69, 9.17) is 4.74 Å². The number of aliphatic hydroxyl groups is 1. The zero-order chi connectivity index (χ0) is 18.5. The number of ether oxygens (including phenoxy) is 1. The lowest BCUT2D eigenvalue weighted by Gasteiger charge is -2.04. The number of pyridine rings is 1. The third kappa shape index (κ3) is 3.83.